The minimum Gasteiger partial charge on any atom is -0.391 e. The van der Waals surface area contributed by atoms with Crippen LogP contribution in [0.2, 0.25) is 0 Å². The van der Waals surface area contributed by atoms with E-state index in [1.165, 1.54) is 0 Å². The Labute approximate surface area is 217 Å². The van der Waals surface area contributed by atoms with Crippen LogP contribution < -0.4 is 10.6 Å². The number of unbranched alkanes of at least 4 members (excludes halogenated alkanes) is 1. The highest BCUT2D eigenvalue weighted by molar-refractivity contribution is 5.99. The number of benzene rings is 1. The topological polar surface area (TPSA) is 98.7 Å². The van der Waals surface area contributed by atoms with Gasteiger partial charge < -0.3 is 20.6 Å². The molecule has 4 atom stereocenters. The molecule has 1 aliphatic heterocycles. The van der Waals surface area contributed by atoms with E-state index in [9.17, 15) is 19.5 Å². The average molecular weight is 502 g/mol. The number of aliphatic hydroxyl groups excluding tert-OH is 1. The molecular weight excluding hydrogens is 454 g/mol. The van der Waals surface area contributed by atoms with Gasteiger partial charge in [-0.15, -0.1) is 0 Å². The van der Waals surface area contributed by atoms with Gasteiger partial charge in [0, 0.05) is 36.7 Å². The fourth-order valence-electron chi connectivity index (χ4n) is 4.84. The van der Waals surface area contributed by atoms with Gasteiger partial charge in [-0.1, -0.05) is 59.4 Å². The summed E-state index contributed by atoms with van der Waals surface area (Å²) in [6.45, 7) is 10.2. The van der Waals surface area contributed by atoms with Gasteiger partial charge in [-0.05, 0) is 56.2 Å². The highest BCUT2D eigenvalue weighted by atomic mass is 16.3. The number of rotatable bonds is 9. The van der Waals surface area contributed by atoms with Crippen molar-refractivity contribution in [1.82, 2.24) is 15.5 Å². The van der Waals surface area contributed by atoms with Gasteiger partial charge in [-0.3, -0.25) is 14.4 Å². The Balaban J connectivity index is 2.21. The van der Waals surface area contributed by atoms with E-state index >= 15 is 0 Å². The van der Waals surface area contributed by atoms with E-state index < -0.39 is 12.1 Å². The molecular formula is C29H47N3O4. The molecule has 7 nitrogen and oxygen atoms in total. The summed E-state index contributed by atoms with van der Waals surface area (Å²) in [7, 11) is 0. The van der Waals surface area contributed by atoms with Crippen LogP contribution >= 0.6 is 0 Å². The Morgan fingerprint density at radius 2 is 1.92 bits per heavy atom. The molecule has 0 aliphatic carbocycles. The maximum atomic E-state index is 13.2. The molecule has 0 aromatic heterocycles. The van der Waals surface area contributed by atoms with E-state index in [0.717, 1.165) is 51.5 Å². The van der Waals surface area contributed by atoms with Gasteiger partial charge in [0.1, 0.15) is 0 Å². The summed E-state index contributed by atoms with van der Waals surface area (Å²) in [4.78, 5) is 40.7. The van der Waals surface area contributed by atoms with Crippen LogP contribution in [-0.2, 0) is 4.79 Å². The third kappa shape index (κ3) is 9.57. The maximum absolute atomic E-state index is 13.2. The predicted molar refractivity (Wildman–Crippen MR) is 144 cm³/mol. The highest BCUT2D eigenvalue weighted by Crippen LogP contribution is 2.21. The van der Waals surface area contributed by atoms with Gasteiger partial charge >= 0.3 is 0 Å². The van der Waals surface area contributed by atoms with Gasteiger partial charge in [0.05, 0.1) is 12.1 Å². The molecule has 36 heavy (non-hydrogen) atoms. The molecule has 1 heterocycles. The van der Waals surface area contributed by atoms with Crippen LogP contribution in [0.5, 0.6) is 0 Å². The Kier molecular flexibility index (Phi) is 13.0. The van der Waals surface area contributed by atoms with E-state index in [0.29, 0.717) is 36.6 Å². The molecule has 1 aliphatic rings. The van der Waals surface area contributed by atoms with Crippen molar-refractivity contribution in [2.24, 2.45) is 11.8 Å². The van der Waals surface area contributed by atoms with Crippen molar-refractivity contribution in [3.63, 3.8) is 0 Å². The Morgan fingerprint density at radius 1 is 1.17 bits per heavy atom. The Hall–Kier alpha value is -2.41. The van der Waals surface area contributed by atoms with Crippen molar-refractivity contribution in [1.29, 1.82) is 0 Å². The molecule has 3 unspecified atom stereocenters. The number of carbonyl (C=O) groups is 3. The number of carbonyl (C=O) groups excluding carboxylic acids is 3. The van der Waals surface area contributed by atoms with Gasteiger partial charge in [0.15, 0.2) is 0 Å². The van der Waals surface area contributed by atoms with Crippen molar-refractivity contribution >= 4 is 17.7 Å². The number of amides is 3. The fourth-order valence-corrected chi connectivity index (χ4v) is 4.84. The highest BCUT2D eigenvalue weighted by Gasteiger charge is 2.28. The van der Waals surface area contributed by atoms with Crippen LogP contribution in [0, 0.1) is 11.8 Å². The monoisotopic (exact) mass is 501 g/mol. The van der Waals surface area contributed by atoms with Gasteiger partial charge in [0.2, 0.25) is 5.91 Å². The van der Waals surface area contributed by atoms with Crippen molar-refractivity contribution in [3.05, 3.63) is 35.4 Å². The molecule has 0 fully saturated rings. The summed E-state index contributed by atoms with van der Waals surface area (Å²) < 4.78 is 0. The molecule has 1 aromatic carbocycles. The van der Waals surface area contributed by atoms with E-state index in [-0.39, 0.29) is 30.1 Å². The van der Waals surface area contributed by atoms with Crippen molar-refractivity contribution in [3.8, 4) is 0 Å². The first-order valence-electron chi connectivity index (χ1n) is 13.9. The lowest BCUT2D eigenvalue weighted by Crippen LogP contribution is -2.46. The number of aliphatic hydroxyl groups is 1. The predicted octanol–water partition coefficient (Wildman–Crippen LogP) is 4.54. The van der Waals surface area contributed by atoms with Crippen molar-refractivity contribution < 1.29 is 19.5 Å². The van der Waals surface area contributed by atoms with E-state index in [2.05, 4.69) is 31.4 Å². The lowest BCUT2D eigenvalue weighted by Gasteiger charge is -2.28. The van der Waals surface area contributed by atoms with Crippen LogP contribution in [-0.4, -0.2) is 59.5 Å². The molecule has 1 aromatic rings. The summed E-state index contributed by atoms with van der Waals surface area (Å²) in [6, 6.07) is 6.37. The number of nitrogens with zero attached hydrogens (tertiary/aromatic N) is 1. The number of hydrogen-bond donors (Lipinski definition) is 3. The second-order valence-electron chi connectivity index (χ2n) is 10.5. The zero-order valence-corrected chi connectivity index (χ0v) is 22.7. The summed E-state index contributed by atoms with van der Waals surface area (Å²) in [6.07, 6.45) is 6.90. The average Bonchev–Trinajstić information content (AvgIpc) is 2.86. The lowest BCUT2D eigenvalue weighted by molar-refractivity contribution is -0.125. The summed E-state index contributed by atoms with van der Waals surface area (Å²) in [5.41, 5.74) is 0.913. The van der Waals surface area contributed by atoms with E-state index in [4.69, 9.17) is 0 Å². The number of hydrogen-bond acceptors (Lipinski definition) is 4. The SMILES string of the molecule is CCCCNC(=O)C(C)CC(O)C1C[C@H](C)CCCCCN(CCC)C(=O)c2cccc(c2)C(=O)N1. The lowest BCUT2D eigenvalue weighted by atomic mass is 9.89. The third-order valence-corrected chi connectivity index (χ3v) is 7.09. The smallest absolute Gasteiger partial charge is 0.253 e. The van der Waals surface area contributed by atoms with Crippen LogP contribution in [0.1, 0.15) is 106 Å². The first kappa shape index (κ1) is 29.8. The fraction of sp³-hybridized carbons (Fsp3) is 0.690. The molecule has 0 saturated carbocycles. The largest absolute Gasteiger partial charge is 0.391 e. The first-order chi connectivity index (χ1) is 17.3. The zero-order chi connectivity index (χ0) is 26.5. The second kappa shape index (κ2) is 15.6. The normalized spacial score (nSPS) is 21.6. The quantitative estimate of drug-likeness (QED) is 0.433. The van der Waals surface area contributed by atoms with Gasteiger partial charge in [0.25, 0.3) is 11.8 Å². The minimum atomic E-state index is -0.844. The van der Waals surface area contributed by atoms with Crippen LogP contribution in [0.25, 0.3) is 0 Å². The molecule has 3 N–H and O–H groups in total. The molecule has 2 rings (SSSR count). The van der Waals surface area contributed by atoms with Crippen LogP contribution in [0.15, 0.2) is 24.3 Å². The molecule has 2 bridgehead atoms. The minimum absolute atomic E-state index is 0.0470. The first-order valence-corrected chi connectivity index (χ1v) is 13.9. The molecule has 7 heteroatoms. The van der Waals surface area contributed by atoms with Crippen molar-refractivity contribution in [2.75, 3.05) is 19.6 Å². The second-order valence-corrected chi connectivity index (χ2v) is 10.5. The maximum Gasteiger partial charge on any atom is 0.253 e. The van der Waals surface area contributed by atoms with Crippen molar-refractivity contribution in [2.45, 2.75) is 97.6 Å². The van der Waals surface area contributed by atoms with E-state index in [1.54, 1.807) is 24.3 Å². The van der Waals surface area contributed by atoms with Crippen LogP contribution in [0.3, 0.4) is 0 Å². The summed E-state index contributed by atoms with van der Waals surface area (Å²) >= 11 is 0. The molecule has 0 saturated heterocycles. The van der Waals surface area contributed by atoms with Gasteiger partial charge in [-0.25, -0.2) is 0 Å². The van der Waals surface area contributed by atoms with Crippen LogP contribution in [0.4, 0.5) is 0 Å². The summed E-state index contributed by atoms with van der Waals surface area (Å²) in [5, 5.41) is 17.1. The third-order valence-electron chi connectivity index (χ3n) is 7.09. The Morgan fingerprint density at radius 3 is 2.64 bits per heavy atom. The van der Waals surface area contributed by atoms with Gasteiger partial charge in [-0.2, -0.15) is 0 Å². The molecule has 0 spiro atoms. The summed E-state index contributed by atoms with van der Waals surface area (Å²) in [5.74, 6) is -0.469. The Bertz CT molecular complexity index is 844. The zero-order valence-electron chi connectivity index (χ0n) is 22.7. The molecule has 3 amide bonds. The standard InChI is InChI=1S/C29H47N3O4/c1-5-7-15-30-27(34)22(4)19-26(33)25-18-21(3)12-9-8-10-17-32(16-6-2)29(36)24-14-11-13-23(20-24)28(35)31-25/h11,13-14,20-22,25-26,33H,5-10,12,15-19H2,1-4H3,(H,30,34)(H,31,35)/t21-,22?,25?,26?/m1/s1. The molecule has 0 radical (unpaired) electrons. The number of nitrogens with one attached hydrogen (secondary N) is 2. The number of fused-ring (bicyclic) bond motifs is 2. The molecule has 202 valence electrons. The van der Waals surface area contributed by atoms with E-state index in [1.807, 2.05) is 11.8 Å².